The van der Waals surface area contributed by atoms with Crippen LogP contribution in [0.2, 0.25) is 0 Å². The van der Waals surface area contributed by atoms with E-state index in [1.807, 2.05) is 17.0 Å². The maximum absolute atomic E-state index is 11.4. The van der Waals surface area contributed by atoms with Crippen LogP contribution in [0.1, 0.15) is 24.8 Å². The van der Waals surface area contributed by atoms with Crippen LogP contribution in [0.5, 0.6) is 5.75 Å². The van der Waals surface area contributed by atoms with Gasteiger partial charge in [-0.15, -0.1) is 0 Å². The van der Waals surface area contributed by atoms with E-state index in [1.54, 1.807) is 7.11 Å². The van der Waals surface area contributed by atoms with Gasteiger partial charge in [0, 0.05) is 26.1 Å². The summed E-state index contributed by atoms with van der Waals surface area (Å²) in [6, 6.07) is 8.07. The van der Waals surface area contributed by atoms with Crippen molar-refractivity contribution in [2.45, 2.75) is 25.8 Å². The number of hydrogen-bond donors (Lipinski definition) is 1. The molecule has 1 heterocycles. The Labute approximate surface area is 114 Å². The quantitative estimate of drug-likeness (QED) is 0.762. The van der Waals surface area contributed by atoms with Crippen LogP contribution in [-0.2, 0) is 11.3 Å². The molecule has 1 N–H and O–H groups in total. The summed E-state index contributed by atoms with van der Waals surface area (Å²) >= 11 is 0. The van der Waals surface area contributed by atoms with Gasteiger partial charge in [0.15, 0.2) is 0 Å². The summed E-state index contributed by atoms with van der Waals surface area (Å²) in [6.45, 7) is 3.62. The number of carbonyl (C=O) groups excluding carboxylic acids is 1. The van der Waals surface area contributed by atoms with Gasteiger partial charge in [0.05, 0.1) is 7.11 Å². The average molecular weight is 262 g/mol. The molecule has 19 heavy (non-hydrogen) atoms. The topological polar surface area (TPSA) is 41.6 Å². The number of nitrogens with zero attached hydrogens (tertiary/aromatic N) is 1. The molecule has 4 heteroatoms. The predicted octanol–water partition coefficient (Wildman–Crippen LogP) is 1.80. The number of methoxy groups -OCH3 is 1. The van der Waals surface area contributed by atoms with Crippen molar-refractivity contribution in [2.75, 3.05) is 26.7 Å². The summed E-state index contributed by atoms with van der Waals surface area (Å²) in [5.41, 5.74) is 1.25. The molecule has 1 aromatic carbocycles. The van der Waals surface area contributed by atoms with Gasteiger partial charge < -0.3 is 15.0 Å². The molecule has 1 aliphatic heterocycles. The van der Waals surface area contributed by atoms with Crippen molar-refractivity contribution in [2.24, 2.45) is 0 Å². The number of carbonyl (C=O) groups is 1. The monoisotopic (exact) mass is 262 g/mol. The fourth-order valence-electron chi connectivity index (χ4n) is 2.31. The molecule has 0 bridgehead atoms. The van der Waals surface area contributed by atoms with Crippen LogP contribution in [-0.4, -0.2) is 37.6 Å². The molecule has 0 radical (unpaired) electrons. The normalized spacial score (nSPS) is 15.0. The zero-order valence-corrected chi connectivity index (χ0v) is 11.5. The fraction of sp³-hybridized carbons (Fsp3) is 0.533. The number of rotatable bonds is 7. The van der Waals surface area contributed by atoms with Crippen LogP contribution in [0, 0.1) is 0 Å². The lowest BCUT2D eigenvalue weighted by Crippen LogP contribution is -2.28. The Morgan fingerprint density at radius 2 is 2.11 bits per heavy atom. The number of likely N-dealkylation sites (tertiary alicyclic amines) is 1. The van der Waals surface area contributed by atoms with Crippen molar-refractivity contribution in [3.8, 4) is 5.75 Å². The molecule has 104 valence electrons. The molecule has 0 spiro atoms. The Hall–Kier alpha value is -1.55. The van der Waals surface area contributed by atoms with Gasteiger partial charge >= 0.3 is 0 Å². The van der Waals surface area contributed by atoms with Crippen LogP contribution in [0.4, 0.5) is 0 Å². The second-order valence-corrected chi connectivity index (χ2v) is 4.86. The van der Waals surface area contributed by atoms with Crippen LogP contribution >= 0.6 is 0 Å². The first-order valence-electron chi connectivity index (χ1n) is 6.91. The number of amides is 1. The molecule has 4 nitrogen and oxygen atoms in total. The maximum Gasteiger partial charge on any atom is 0.222 e. The highest BCUT2D eigenvalue weighted by Gasteiger charge is 2.18. The summed E-state index contributed by atoms with van der Waals surface area (Å²) in [6.07, 6.45) is 2.78. The molecule has 0 aliphatic carbocycles. The summed E-state index contributed by atoms with van der Waals surface area (Å²) in [4.78, 5) is 13.4. The Morgan fingerprint density at radius 1 is 1.32 bits per heavy atom. The van der Waals surface area contributed by atoms with Crippen LogP contribution in [0.3, 0.4) is 0 Å². The minimum Gasteiger partial charge on any atom is -0.497 e. The third kappa shape index (κ3) is 4.24. The number of ether oxygens (including phenoxy) is 1. The first-order valence-corrected chi connectivity index (χ1v) is 6.91. The van der Waals surface area contributed by atoms with Gasteiger partial charge in [-0.05, 0) is 37.1 Å². The number of hydrogen-bond acceptors (Lipinski definition) is 3. The highest BCUT2D eigenvalue weighted by Crippen LogP contribution is 2.11. The molecule has 0 aromatic heterocycles. The third-order valence-electron chi connectivity index (χ3n) is 3.44. The Kier molecular flexibility index (Phi) is 5.21. The minimum atomic E-state index is 0.315. The van der Waals surface area contributed by atoms with Gasteiger partial charge in [0.25, 0.3) is 0 Å². The van der Waals surface area contributed by atoms with Crippen LogP contribution < -0.4 is 10.1 Å². The van der Waals surface area contributed by atoms with E-state index in [1.165, 1.54) is 5.56 Å². The van der Waals surface area contributed by atoms with Gasteiger partial charge in [0.2, 0.25) is 5.91 Å². The van der Waals surface area contributed by atoms with E-state index < -0.39 is 0 Å². The molecule has 0 unspecified atom stereocenters. The van der Waals surface area contributed by atoms with E-state index >= 15 is 0 Å². The van der Waals surface area contributed by atoms with Gasteiger partial charge in [-0.25, -0.2) is 0 Å². The lowest BCUT2D eigenvalue weighted by molar-refractivity contribution is -0.127. The van der Waals surface area contributed by atoms with Gasteiger partial charge in [-0.3, -0.25) is 4.79 Å². The molecule has 0 atom stereocenters. The standard InChI is InChI=1S/C15H22N2O2/c1-19-14-7-5-13(6-8-14)12-16-9-3-11-17-10-2-4-15(17)18/h5-8,16H,2-4,9-12H2,1H3. The molecule has 1 aliphatic rings. The largest absolute Gasteiger partial charge is 0.497 e. The minimum absolute atomic E-state index is 0.315. The molecule has 1 amide bonds. The molecule has 1 fully saturated rings. The van der Waals surface area contributed by atoms with Gasteiger partial charge in [0.1, 0.15) is 5.75 Å². The maximum atomic E-state index is 11.4. The van der Waals surface area contributed by atoms with Gasteiger partial charge in [-0.1, -0.05) is 12.1 Å². The van der Waals surface area contributed by atoms with Crippen molar-refractivity contribution >= 4 is 5.91 Å². The zero-order valence-electron chi connectivity index (χ0n) is 11.5. The fourth-order valence-corrected chi connectivity index (χ4v) is 2.31. The highest BCUT2D eigenvalue weighted by molar-refractivity contribution is 5.77. The molecule has 1 saturated heterocycles. The van der Waals surface area contributed by atoms with Crippen molar-refractivity contribution in [3.63, 3.8) is 0 Å². The summed E-state index contributed by atoms with van der Waals surface area (Å²) < 4.78 is 5.12. The third-order valence-corrected chi connectivity index (χ3v) is 3.44. The Bertz CT molecular complexity index is 403. The van der Waals surface area contributed by atoms with Crippen molar-refractivity contribution in [1.29, 1.82) is 0 Å². The zero-order chi connectivity index (χ0) is 13.5. The van der Waals surface area contributed by atoms with Gasteiger partial charge in [-0.2, -0.15) is 0 Å². The highest BCUT2D eigenvalue weighted by atomic mass is 16.5. The Morgan fingerprint density at radius 3 is 2.74 bits per heavy atom. The number of nitrogens with one attached hydrogen (secondary N) is 1. The van der Waals surface area contributed by atoms with Crippen LogP contribution in [0.15, 0.2) is 24.3 Å². The second kappa shape index (κ2) is 7.14. The second-order valence-electron chi connectivity index (χ2n) is 4.86. The SMILES string of the molecule is COc1ccc(CNCCCN2CCCC2=O)cc1. The first kappa shape index (κ1) is 13.9. The van der Waals surface area contributed by atoms with E-state index in [2.05, 4.69) is 17.4 Å². The summed E-state index contributed by atoms with van der Waals surface area (Å²) in [5, 5.41) is 3.40. The van der Waals surface area contributed by atoms with E-state index in [4.69, 9.17) is 4.74 Å². The average Bonchev–Trinajstić information content (AvgIpc) is 2.85. The number of benzene rings is 1. The first-order chi connectivity index (χ1) is 9.29. The van der Waals surface area contributed by atoms with Crippen molar-refractivity contribution < 1.29 is 9.53 Å². The molecule has 2 rings (SSSR count). The Balaban J connectivity index is 1.59. The summed E-state index contributed by atoms with van der Waals surface area (Å²) in [5.74, 6) is 1.20. The lowest BCUT2D eigenvalue weighted by atomic mass is 10.2. The van der Waals surface area contributed by atoms with E-state index in [0.717, 1.165) is 51.2 Å². The summed E-state index contributed by atoms with van der Waals surface area (Å²) in [7, 11) is 1.67. The van der Waals surface area contributed by atoms with E-state index in [0.29, 0.717) is 5.91 Å². The molecular weight excluding hydrogens is 240 g/mol. The lowest BCUT2D eigenvalue weighted by Gasteiger charge is -2.15. The molecule has 0 saturated carbocycles. The molecule has 1 aromatic rings. The smallest absolute Gasteiger partial charge is 0.222 e. The van der Waals surface area contributed by atoms with E-state index in [9.17, 15) is 4.79 Å². The molecular formula is C15H22N2O2. The predicted molar refractivity (Wildman–Crippen MR) is 75.1 cm³/mol. The van der Waals surface area contributed by atoms with Crippen LogP contribution in [0.25, 0.3) is 0 Å². The van der Waals surface area contributed by atoms with Crippen molar-refractivity contribution in [3.05, 3.63) is 29.8 Å². The van der Waals surface area contributed by atoms with E-state index in [-0.39, 0.29) is 0 Å². The van der Waals surface area contributed by atoms with Crippen molar-refractivity contribution in [1.82, 2.24) is 10.2 Å².